The van der Waals surface area contributed by atoms with Gasteiger partial charge in [-0.3, -0.25) is 4.79 Å². The van der Waals surface area contributed by atoms with Gasteiger partial charge in [0.1, 0.15) is 0 Å². The van der Waals surface area contributed by atoms with Crippen LogP contribution < -0.4 is 11.1 Å². The summed E-state index contributed by atoms with van der Waals surface area (Å²) in [5.41, 5.74) is 5.45. The van der Waals surface area contributed by atoms with Gasteiger partial charge in [-0.2, -0.15) is 0 Å². The number of amides is 1. The first-order valence-corrected chi connectivity index (χ1v) is 8.46. The SMILES string of the molecule is Cl.NCCNC(=O)C1CCCN(CC2CC3CCC2C3)C1. The van der Waals surface area contributed by atoms with E-state index in [4.69, 9.17) is 5.73 Å². The lowest BCUT2D eigenvalue weighted by molar-refractivity contribution is -0.126. The van der Waals surface area contributed by atoms with Crippen LogP contribution in [0.5, 0.6) is 0 Å². The van der Waals surface area contributed by atoms with Crippen molar-refractivity contribution in [3.63, 3.8) is 0 Å². The standard InChI is InChI=1S/C16H29N3O.ClH/c17-5-6-18-16(20)14-2-1-7-19(10-14)11-15-9-12-3-4-13(15)8-12;/h12-15H,1-11,17H2,(H,18,20);1H. The van der Waals surface area contributed by atoms with E-state index in [0.29, 0.717) is 13.1 Å². The molecule has 1 heterocycles. The Morgan fingerprint density at radius 2 is 2.10 bits per heavy atom. The van der Waals surface area contributed by atoms with Crippen molar-refractivity contribution in [2.24, 2.45) is 29.4 Å². The third-order valence-electron chi connectivity index (χ3n) is 5.70. The van der Waals surface area contributed by atoms with Crippen molar-refractivity contribution in [3.8, 4) is 0 Å². The summed E-state index contributed by atoms with van der Waals surface area (Å²) in [6, 6.07) is 0. The Morgan fingerprint density at radius 3 is 2.76 bits per heavy atom. The Hall–Kier alpha value is -0.320. The van der Waals surface area contributed by atoms with Gasteiger partial charge in [0.2, 0.25) is 5.91 Å². The molecule has 3 rings (SSSR count). The van der Waals surface area contributed by atoms with Gasteiger partial charge in [-0.05, 0) is 56.4 Å². The molecule has 4 nitrogen and oxygen atoms in total. The van der Waals surface area contributed by atoms with Gasteiger partial charge in [-0.25, -0.2) is 0 Å². The van der Waals surface area contributed by atoms with E-state index in [-0.39, 0.29) is 24.2 Å². The van der Waals surface area contributed by atoms with Gasteiger partial charge in [0.25, 0.3) is 0 Å². The maximum Gasteiger partial charge on any atom is 0.224 e. The zero-order valence-corrected chi connectivity index (χ0v) is 13.7. The number of hydrogen-bond donors (Lipinski definition) is 2. The lowest BCUT2D eigenvalue weighted by atomic mass is 9.87. The van der Waals surface area contributed by atoms with Crippen molar-refractivity contribution >= 4 is 18.3 Å². The maximum atomic E-state index is 12.1. The summed E-state index contributed by atoms with van der Waals surface area (Å²) in [6.07, 6.45) is 8.09. The predicted octanol–water partition coefficient (Wildman–Crippen LogP) is 1.63. The molecule has 3 aliphatic rings. The van der Waals surface area contributed by atoms with Crippen LogP contribution in [0.4, 0.5) is 0 Å². The predicted molar refractivity (Wildman–Crippen MR) is 87.4 cm³/mol. The van der Waals surface area contributed by atoms with Crippen LogP contribution in [-0.2, 0) is 4.79 Å². The van der Waals surface area contributed by atoms with E-state index < -0.39 is 0 Å². The Labute approximate surface area is 134 Å². The Bertz CT molecular complexity index is 352. The molecule has 1 aliphatic heterocycles. The first-order valence-electron chi connectivity index (χ1n) is 8.46. The van der Waals surface area contributed by atoms with Crippen LogP contribution in [0.2, 0.25) is 0 Å². The molecule has 0 aromatic heterocycles. The summed E-state index contributed by atoms with van der Waals surface area (Å²) in [7, 11) is 0. The second-order valence-electron chi connectivity index (χ2n) is 7.11. The van der Waals surface area contributed by atoms with Crippen molar-refractivity contribution in [1.29, 1.82) is 0 Å². The highest BCUT2D eigenvalue weighted by Gasteiger charge is 2.40. The van der Waals surface area contributed by atoms with E-state index in [1.165, 1.54) is 45.2 Å². The van der Waals surface area contributed by atoms with Gasteiger partial charge >= 0.3 is 0 Å². The number of halogens is 1. The Kier molecular flexibility index (Phi) is 6.33. The number of hydrogen-bond acceptors (Lipinski definition) is 3. The van der Waals surface area contributed by atoms with Crippen molar-refractivity contribution in [2.75, 3.05) is 32.7 Å². The Balaban J connectivity index is 0.00000161. The highest BCUT2D eigenvalue weighted by atomic mass is 35.5. The number of carbonyl (C=O) groups is 1. The monoisotopic (exact) mass is 315 g/mol. The highest BCUT2D eigenvalue weighted by Crippen LogP contribution is 2.48. The van der Waals surface area contributed by atoms with Crippen molar-refractivity contribution < 1.29 is 4.79 Å². The number of nitrogens with two attached hydrogens (primary N) is 1. The van der Waals surface area contributed by atoms with Gasteiger partial charge in [-0.15, -0.1) is 12.4 Å². The molecule has 21 heavy (non-hydrogen) atoms. The molecule has 0 aromatic rings. The number of nitrogens with one attached hydrogen (secondary N) is 1. The zero-order chi connectivity index (χ0) is 13.9. The number of rotatable bonds is 5. The summed E-state index contributed by atoms with van der Waals surface area (Å²) >= 11 is 0. The van der Waals surface area contributed by atoms with Gasteiger partial charge in [0.05, 0.1) is 5.92 Å². The van der Waals surface area contributed by atoms with Crippen LogP contribution in [0.1, 0.15) is 38.5 Å². The van der Waals surface area contributed by atoms with Crippen molar-refractivity contribution in [1.82, 2.24) is 10.2 Å². The second-order valence-corrected chi connectivity index (χ2v) is 7.11. The fourth-order valence-corrected chi connectivity index (χ4v) is 4.71. The van der Waals surface area contributed by atoms with Gasteiger partial charge in [-0.1, -0.05) is 6.42 Å². The molecular formula is C16H30ClN3O. The van der Waals surface area contributed by atoms with E-state index in [9.17, 15) is 4.79 Å². The van der Waals surface area contributed by atoms with Crippen LogP contribution in [0.25, 0.3) is 0 Å². The normalized spacial score (nSPS) is 35.5. The largest absolute Gasteiger partial charge is 0.355 e. The third-order valence-corrected chi connectivity index (χ3v) is 5.70. The van der Waals surface area contributed by atoms with E-state index in [0.717, 1.165) is 30.7 Å². The van der Waals surface area contributed by atoms with Crippen LogP contribution in [0.3, 0.4) is 0 Å². The number of nitrogens with zero attached hydrogens (tertiary/aromatic N) is 1. The summed E-state index contributed by atoms with van der Waals surface area (Å²) in [5, 5.41) is 2.95. The average molecular weight is 316 g/mol. The minimum absolute atomic E-state index is 0. The molecule has 0 aromatic carbocycles. The van der Waals surface area contributed by atoms with Gasteiger partial charge in [0.15, 0.2) is 0 Å². The van der Waals surface area contributed by atoms with Crippen LogP contribution >= 0.6 is 12.4 Å². The molecule has 3 N–H and O–H groups in total. The quantitative estimate of drug-likeness (QED) is 0.811. The number of carbonyl (C=O) groups excluding carboxylic acids is 1. The molecule has 1 saturated heterocycles. The third kappa shape index (κ3) is 4.11. The smallest absolute Gasteiger partial charge is 0.224 e. The Morgan fingerprint density at radius 1 is 1.24 bits per heavy atom. The number of piperidine rings is 1. The van der Waals surface area contributed by atoms with Crippen molar-refractivity contribution in [3.05, 3.63) is 0 Å². The molecule has 2 bridgehead atoms. The molecule has 1 amide bonds. The van der Waals surface area contributed by atoms with Gasteiger partial charge in [0, 0.05) is 26.2 Å². The fraction of sp³-hybridized carbons (Fsp3) is 0.938. The number of fused-ring (bicyclic) bond motifs is 2. The molecule has 4 atom stereocenters. The lowest BCUT2D eigenvalue weighted by Gasteiger charge is -2.35. The maximum absolute atomic E-state index is 12.1. The van der Waals surface area contributed by atoms with E-state index >= 15 is 0 Å². The average Bonchev–Trinajstić information content (AvgIpc) is 3.07. The molecule has 2 saturated carbocycles. The minimum Gasteiger partial charge on any atom is -0.355 e. The first kappa shape index (κ1) is 17.0. The molecule has 3 fully saturated rings. The van der Waals surface area contributed by atoms with Crippen LogP contribution in [0, 0.1) is 23.7 Å². The lowest BCUT2D eigenvalue weighted by Crippen LogP contribution is -2.45. The zero-order valence-electron chi connectivity index (χ0n) is 12.9. The first-order chi connectivity index (χ1) is 9.76. The minimum atomic E-state index is 0. The second kappa shape index (κ2) is 7.80. The molecule has 5 heteroatoms. The molecule has 122 valence electrons. The highest BCUT2D eigenvalue weighted by molar-refractivity contribution is 5.85. The number of likely N-dealkylation sites (tertiary alicyclic amines) is 1. The fourth-order valence-electron chi connectivity index (χ4n) is 4.71. The van der Waals surface area contributed by atoms with E-state index in [1.54, 1.807) is 0 Å². The summed E-state index contributed by atoms with van der Waals surface area (Å²) in [5.74, 6) is 3.34. The van der Waals surface area contributed by atoms with E-state index in [1.807, 2.05) is 0 Å². The van der Waals surface area contributed by atoms with Crippen LogP contribution in [-0.4, -0.2) is 43.5 Å². The molecule has 0 radical (unpaired) electrons. The molecule has 2 aliphatic carbocycles. The van der Waals surface area contributed by atoms with E-state index in [2.05, 4.69) is 10.2 Å². The van der Waals surface area contributed by atoms with Gasteiger partial charge < -0.3 is 16.0 Å². The van der Waals surface area contributed by atoms with Crippen LogP contribution in [0.15, 0.2) is 0 Å². The topological polar surface area (TPSA) is 58.4 Å². The summed E-state index contributed by atoms with van der Waals surface area (Å²) in [4.78, 5) is 14.6. The summed E-state index contributed by atoms with van der Waals surface area (Å²) < 4.78 is 0. The molecule has 4 unspecified atom stereocenters. The summed E-state index contributed by atoms with van der Waals surface area (Å²) in [6.45, 7) is 4.54. The molecule has 0 spiro atoms. The molecular weight excluding hydrogens is 286 g/mol. The van der Waals surface area contributed by atoms with Crippen molar-refractivity contribution in [2.45, 2.75) is 38.5 Å².